The van der Waals surface area contributed by atoms with Crippen LogP contribution in [0.3, 0.4) is 0 Å². The molecule has 0 bridgehead atoms. The molecule has 2 aliphatic heterocycles. The van der Waals surface area contributed by atoms with Crippen molar-refractivity contribution >= 4 is 51.9 Å². The Kier molecular flexibility index (Phi) is 5.93. The van der Waals surface area contributed by atoms with Crippen molar-refractivity contribution in [2.24, 2.45) is 4.99 Å². The van der Waals surface area contributed by atoms with Crippen LogP contribution in [0.5, 0.6) is 0 Å². The van der Waals surface area contributed by atoms with Crippen LogP contribution in [-0.4, -0.2) is 23.2 Å². The molecule has 2 heterocycles. The van der Waals surface area contributed by atoms with Crippen molar-refractivity contribution in [3.63, 3.8) is 0 Å². The molecular formula is C25H28ClN3OS. The summed E-state index contributed by atoms with van der Waals surface area (Å²) in [6.45, 7) is 12.3. The van der Waals surface area contributed by atoms with Gasteiger partial charge in [0.05, 0.1) is 10.6 Å². The van der Waals surface area contributed by atoms with E-state index < -0.39 is 0 Å². The lowest BCUT2D eigenvalue weighted by atomic mass is 9.79. The summed E-state index contributed by atoms with van der Waals surface area (Å²) in [5.41, 5.74) is 5.79. The molecule has 6 heteroatoms. The van der Waals surface area contributed by atoms with Crippen LogP contribution in [-0.2, 0) is 4.79 Å². The zero-order chi connectivity index (χ0) is 22.3. The molecule has 1 amide bonds. The molecule has 1 N–H and O–H groups in total. The fourth-order valence-electron chi connectivity index (χ4n) is 4.69. The molecule has 2 aliphatic rings. The number of hydrogen-bond donors (Lipinski definition) is 1. The van der Waals surface area contributed by atoms with E-state index in [1.165, 1.54) is 28.6 Å². The summed E-state index contributed by atoms with van der Waals surface area (Å²) in [5, 5.41) is 4.06. The molecule has 0 aromatic heterocycles. The van der Waals surface area contributed by atoms with Crippen LogP contribution in [0.1, 0.15) is 56.7 Å². The van der Waals surface area contributed by atoms with Gasteiger partial charge in [-0.05, 0) is 105 Å². The first-order valence-electron chi connectivity index (χ1n) is 10.7. The van der Waals surface area contributed by atoms with Crippen LogP contribution in [0.2, 0.25) is 5.02 Å². The monoisotopic (exact) mass is 453 g/mol. The topological polar surface area (TPSA) is 44.7 Å². The minimum absolute atomic E-state index is 0.118. The smallest absolute Gasteiger partial charge is 0.264 e. The summed E-state index contributed by atoms with van der Waals surface area (Å²) >= 11 is 7.41. The van der Waals surface area contributed by atoms with Crippen molar-refractivity contribution in [2.45, 2.75) is 52.5 Å². The Morgan fingerprint density at radius 3 is 2.81 bits per heavy atom. The van der Waals surface area contributed by atoms with E-state index in [2.05, 4.69) is 62.0 Å². The summed E-state index contributed by atoms with van der Waals surface area (Å²) in [7, 11) is 0. The van der Waals surface area contributed by atoms with Crippen molar-refractivity contribution in [3.05, 3.63) is 63.0 Å². The highest BCUT2D eigenvalue weighted by Crippen LogP contribution is 2.44. The van der Waals surface area contributed by atoms with Crippen molar-refractivity contribution in [2.75, 3.05) is 11.4 Å². The number of aliphatic imine (C=N–C) groups is 1. The van der Waals surface area contributed by atoms with Crippen LogP contribution < -0.4 is 10.2 Å². The lowest BCUT2D eigenvalue weighted by molar-refractivity contribution is -0.115. The minimum atomic E-state index is -0.118. The van der Waals surface area contributed by atoms with E-state index in [9.17, 15) is 4.79 Å². The van der Waals surface area contributed by atoms with E-state index >= 15 is 0 Å². The summed E-state index contributed by atoms with van der Waals surface area (Å²) in [6, 6.07) is 11.8. The number of rotatable bonds is 3. The maximum Gasteiger partial charge on any atom is 0.264 e. The molecule has 162 valence electrons. The van der Waals surface area contributed by atoms with Gasteiger partial charge in [-0.3, -0.25) is 4.79 Å². The Balaban J connectivity index is 1.67. The number of thioether (sulfide) groups is 1. The fraction of sp³-hybridized carbons (Fsp3) is 0.360. The summed E-state index contributed by atoms with van der Waals surface area (Å²) < 4.78 is 0. The number of fused-ring (bicyclic) bond motifs is 1. The van der Waals surface area contributed by atoms with Gasteiger partial charge in [0.15, 0.2) is 5.17 Å². The molecule has 31 heavy (non-hydrogen) atoms. The van der Waals surface area contributed by atoms with E-state index in [1.54, 1.807) is 12.1 Å². The van der Waals surface area contributed by atoms with Gasteiger partial charge in [-0.2, -0.15) is 0 Å². The average molecular weight is 454 g/mol. The van der Waals surface area contributed by atoms with Crippen LogP contribution in [0, 0.1) is 6.92 Å². The Hall–Kier alpha value is -2.24. The number of amides is 1. The maximum atomic E-state index is 12.6. The molecule has 1 atom stereocenters. The highest BCUT2D eigenvalue weighted by Gasteiger charge is 2.35. The number of halogens is 1. The largest absolute Gasteiger partial charge is 0.366 e. The van der Waals surface area contributed by atoms with Crippen molar-refractivity contribution in [1.82, 2.24) is 5.32 Å². The Morgan fingerprint density at radius 2 is 2.10 bits per heavy atom. The Bertz CT molecular complexity index is 1110. The molecule has 1 unspecified atom stereocenters. The molecule has 4 nitrogen and oxygen atoms in total. The predicted molar refractivity (Wildman–Crippen MR) is 134 cm³/mol. The van der Waals surface area contributed by atoms with Gasteiger partial charge in [-0.15, -0.1) is 0 Å². The summed E-state index contributed by atoms with van der Waals surface area (Å²) in [6.07, 6.45) is 3.09. The van der Waals surface area contributed by atoms with E-state index in [1.807, 2.05) is 18.2 Å². The lowest BCUT2D eigenvalue weighted by Gasteiger charge is -2.47. The highest BCUT2D eigenvalue weighted by molar-refractivity contribution is 8.18. The molecule has 1 saturated heterocycles. The molecule has 0 aliphatic carbocycles. The average Bonchev–Trinajstić information content (AvgIpc) is 3.01. The van der Waals surface area contributed by atoms with Gasteiger partial charge in [0, 0.05) is 22.8 Å². The normalized spacial score (nSPS) is 22.7. The molecule has 2 aromatic rings. The zero-order valence-electron chi connectivity index (χ0n) is 18.6. The van der Waals surface area contributed by atoms with Gasteiger partial charge in [0.25, 0.3) is 5.91 Å². The Labute approximate surface area is 193 Å². The standard InChI is InChI=1S/C25H28ClN3OS/c1-6-29-21-10-15(2)17(11-20(21)16(3)14-25(29,4)5)12-22-23(30)28-24(31-22)27-19-9-7-8-18(26)13-19/h7-13,16H,6,14H2,1-5H3,(H,27,28,30)/b22-12+. The molecule has 4 rings (SSSR count). The van der Waals surface area contributed by atoms with E-state index in [0.29, 0.717) is 21.0 Å². The number of nitrogens with one attached hydrogen (secondary N) is 1. The van der Waals surface area contributed by atoms with Crippen LogP contribution in [0.4, 0.5) is 11.4 Å². The molecule has 1 fully saturated rings. The minimum Gasteiger partial charge on any atom is -0.366 e. The van der Waals surface area contributed by atoms with E-state index in [-0.39, 0.29) is 11.4 Å². The van der Waals surface area contributed by atoms with Crippen LogP contribution >= 0.6 is 23.4 Å². The zero-order valence-corrected chi connectivity index (χ0v) is 20.2. The van der Waals surface area contributed by atoms with E-state index in [4.69, 9.17) is 11.6 Å². The quantitative estimate of drug-likeness (QED) is 0.529. The molecule has 0 spiro atoms. The fourth-order valence-corrected chi connectivity index (χ4v) is 5.71. The van der Waals surface area contributed by atoms with Gasteiger partial charge in [0.2, 0.25) is 0 Å². The van der Waals surface area contributed by atoms with Gasteiger partial charge in [-0.1, -0.05) is 24.6 Å². The molecular weight excluding hydrogens is 426 g/mol. The Morgan fingerprint density at radius 1 is 1.32 bits per heavy atom. The number of anilines is 1. The molecule has 0 saturated carbocycles. The SMILES string of the molecule is CCN1c2cc(C)c(/C=C3/SC(=Nc4cccc(Cl)c4)NC3=O)cc2C(C)CC1(C)C. The third-order valence-corrected chi connectivity index (χ3v) is 7.21. The number of hydrogen-bond acceptors (Lipinski definition) is 4. The van der Waals surface area contributed by atoms with Crippen LogP contribution in [0.25, 0.3) is 6.08 Å². The second-order valence-corrected chi connectivity index (χ2v) is 10.4. The first-order valence-corrected chi connectivity index (χ1v) is 11.8. The number of amidine groups is 1. The van der Waals surface area contributed by atoms with Gasteiger partial charge in [0.1, 0.15) is 0 Å². The number of benzene rings is 2. The molecule has 2 aromatic carbocycles. The third kappa shape index (κ3) is 4.39. The predicted octanol–water partition coefficient (Wildman–Crippen LogP) is 6.65. The second kappa shape index (κ2) is 8.36. The van der Waals surface area contributed by atoms with Gasteiger partial charge in [-0.25, -0.2) is 4.99 Å². The third-order valence-electron chi connectivity index (χ3n) is 6.07. The van der Waals surface area contributed by atoms with Crippen LogP contribution in [0.15, 0.2) is 46.3 Å². The molecule has 0 radical (unpaired) electrons. The summed E-state index contributed by atoms with van der Waals surface area (Å²) in [4.78, 5) is 20.2. The lowest BCUT2D eigenvalue weighted by Crippen LogP contribution is -2.48. The van der Waals surface area contributed by atoms with Crippen molar-refractivity contribution < 1.29 is 4.79 Å². The maximum absolute atomic E-state index is 12.6. The van der Waals surface area contributed by atoms with Crippen molar-refractivity contribution in [1.29, 1.82) is 0 Å². The first kappa shape index (κ1) is 22.0. The first-order chi connectivity index (χ1) is 14.7. The van der Waals surface area contributed by atoms with E-state index in [0.717, 1.165) is 24.2 Å². The second-order valence-electron chi connectivity index (χ2n) is 8.89. The highest BCUT2D eigenvalue weighted by atomic mass is 35.5. The van der Waals surface area contributed by atoms with Gasteiger partial charge >= 0.3 is 0 Å². The van der Waals surface area contributed by atoms with Crippen molar-refractivity contribution in [3.8, 4) is 0 Å². The number of nitrogens with zero attached hydrogens (tertiary/aromatic N) is 2. The number of carbonyl (C=O) groups excluding carboxylic acids is 1. The summed E-state index contributed by atoms with van der Waals surface area (Å²) in [5.74, 6) is 0.350. The number of aryl methyl sites for hydroxylation is 1. The number of carbonyl (C=O) groups is 1. The van der Waals surface area contributed by atoms with Gasteiger partial charge < -0.3 is 10.2 Å².